The molecule has 0 saturated heterocycles. The van der Waals surface area contributed by atoms with Gasteiger partial charge in [-0.05, 0) is 46.5 Å². The monoisotopic (exact) mass is 665 g/mol. The molecule has 0 aliphatic carbocycles. The molecule has 52 heavy (non-hydrogen) atoms. The lowest BCUT2D eigenvalue weighted by Gasteiger charge is -2.38. The fraction of sp³-hybridized carbons (Fsp3) is 0.0213. The molecule has 2 aromatic heterocycles. The van der Waals surface area contributed by atoms with Gasteiger partial charge in [0.1, 0.15) is 0 Å². The Labute approximate surface area is 301 Å². The number of nitriles is 1. The van der Waals surface area contributed by atoms with E-state index in [1.807, 2.05) is 36.4 Å². The zero-order chi connectivity index (χ0) is 34.9. The standard InChI is InChI=1S/C47H31N5/c48-32-33-18-10-11-25-37(33)44-49-45(51-46(50-44)52-42-30-16-13-26-38(42)39-27-14-17-31-43(39)52)40-28-12-15-29-41(40)47(34-19-4-1-5-20-34,35-21-6-2-7-22-35)36-23-8-3-9-24-36/h1-31H. The van der Waals surface area contributed by atoms with E-state index in [1.54, 1.807) is 6.07 Å². The molecule has 244 valence electrons. The summed E-state index contributed by atoms with van der Waals surface area (Å²) in [7, 11) is 0. The maximum Gasteiger partial charge on any atom is 0.238 e. The minimum Gasteiger partial charge on any atom is -0.278 e. The van der Waals surface area contributed by atoms with E-state index >= 15 is 0 Å². The molecule has 0 saturated carbocycles. The molecule has 2 heterocycles. The molecule has 0 spiro atoms. The van der Waals surface area contributed by atoms with Crippen LogP contribution in [0.2, 0.25) is 0 Å². The van der Waals surface area contributed by atoms with E-state index in [-0.39, 0.29) is 0 Å². The van der Waals surface area contributed by atoms with Gasteiger partial charge in [0.15, 0.2) is 11.6 Å². The first-order valence-electron chi connectivity index (χ1n) is 17.3. The van der Waals surface area contributed by atoms with Crippen molar-refractivity contribution in [2.45, 2.75) is 5.41 Å². The van der Waals surface area contributed by atoms with Crippen LogP contribution in [0.25, 0.3) is 50.5 Å². The average molecular weight is 666 g/mol. The fourth-order valence-electron chi connectivity index (χ4n) is 7.66. The van der Waals surface area contributed by atoms with Crippen molar-refractivity contribution in [2.75, 3.05) is 0 Å². The van der Waals surface area contributed by atoms with Gasteiger partial charge >= 0.3 is 0 Å². The topological polar surface area (TPSA) is 67.4 Å². The molecule has 0 radical (unpaired) electrons. The van der Waals surface area contributed by atoms with Crippen LogP contribution in [0.5, 0.6) is 0 Å². The fourth-order valence-corrected chi connectivity index (χ4v) is 7.66. The van der Waals surface area contributed by atoms with Gasteiger partial charge in [0.2, 0.25) is 5.95 Å². The number of benzene rings is 7. The Hall–Kier alpha value is -7.16. The molecule has 5 heteroatoms. The summed E-state index contributed by atoms with van der Waals surface area (Å²) < 4.78 is 2.11. The van der Waals surface area contributed by atoms with Crippen molar-refractivity contribution in [3.63, 3.8) is 0 Å². The maximum atomic E-state index is 10.2. The minimum atomic E-state index is -0.731. The molecule has 0 atom stereocenters. The van der Waals surface area contributed by atoms with Crippen LogP contribution in [-0.4, -0.2) is 19.5 Å². The number of aromatic nitrogens is 4. The largest absolute Gasteiger partial charge is 0.278 e. The molecule has 9 aromatic rings. The summed E-state index contributed by atoms with van der Waals surface area (Å²) in [6, 6.07) is 66.8. The van der Waals surface area contributed by atoms with E-state index in [4.69, 9.17) is 15.0 Å². The van der Waals surface area contributed by atoms with Gasteiger partial charge in [0, 0.05) is 21.9 Å². The van der Waals surface area contributed by atoms with Gasteiger partial charge in [0.25, 0.3) is 0 Å². The highest BCUT2D eigenvalue weighted by atomic mass is 15.2. The van der Waals surface area contributed by atoms with Crippen LogP contribution in [0.4, 0.5) is 0 Å². The quantitative estimate of drug-likeness (QED) is 0.159. The van der Waals surface area contributed by atoms with Crippen molar-refractivity contribution >= 4 is 21.8 Å². The van der Waals surface area contributed by atoms with Crippen LogP contribution in [0.15, 0.2) is 188 Å². The number of rotatable bonds is 7. The molecule has 7 aromatic carbocycles. The average Bonchev–Trinajstić information content (AvgIpc) is 3.57. The molecular formula is C47H31N5. The Bertz CT molecular complexity index is 2600. The zero-order valence-corrected chi connectivity index (χ0v) is 28.1. The first-order chi connectivity index (χ1) is 25.8. The number of para-hydroxylation sites is 2. The van der Waals surface area contributed by atoms with E-state index in [2.05, 4.69) is 156 Å². The molecule has 9 rings (SSSR count). The molecule has 0 bridgehead atoms. The van der Waals surface area contributed by atoms with Crippen molar-refractivity contribution < 1.29 is 0 Å². The third-order valence-electron chi connectivity index (χ3n) is 9.88. The Kier molecular flexibility index (Phi) is 7.68. The zero-order valence-electron chi connectivity index (χ0n) is 28.1. The lowest BCUT2D eigenvalue weighted by molar-refractivity contribution is 0.745. The first kappa shape index (κ1) is 30.9. The van der Waals surface area contributed by atoms with Crippen molar-refractivity contribution in [1.82, 2.24) is 19.5 Å². The smallest absolute Gasteiger partial charge is 0.238 e. The third kappa shape index (κ3) is 4.97. The van der Waals surface area contributed by atoms with Crippen LogP contribution in [0.1, 0.15) is 27.8 Å². The summed E-state index contributed by atoms with van der Waals surface area (Å²) in [5.74, 6) is 1.42. The Balaban J connectivity index is 1.40. The van der Waals surface area contributed by atoms with Crippen LogP contribution in [-0.2, 0) is 5.41 Å². The summed E-state index contributed by atoms with van der Waals surface area (Å²) in [6.07, 6.45) is 0. The van der Waals surface area contributed by atoms with Gasteiger partial charge in [-0.25, -0.2) is 4.98 Å². The predicted octanol–water partition coefficient (Wildman–Crippen LogP) is 10.6. The van der Waals surface area contributed by atoms with Crippen molar-refractivity contribution in [3.05, 3.63) is 216 Å². The predicted molar refractivity (Wildman–Crippen MR) is 208 cm³/mol. The summed E-state index contributed by atoms with van der Waals surface area (Å²) in [6.45, 7) is 0. The van der Waals surface area contributed by atoms with Gasteiger partial charge in [-0.15, -0.1) is 0 Å². The van der Waals surface area contributed by atoms with Gasteiger partial charge < -0.3 is 0 Å². The van der Waals surface area contributed by atoms with Gasteiger partial charge in [-0.3, -0.25) is 4.57 Å². The normalized spacial score (nSPS) is 11.4. The van der Waals surface area contributed by atoms with Gasteiger partial charge in [-0.1, -0.05) is 164 Å². The van der Waals surface area contributed by atoms with E-state index in [0.717, 1.165) is 49.6 Å². The van der Waals surface area contributed by atoms with Crippen molar-refractivity contribution in [2.24, 2.45) is 0 Å². The van der Waals surface area contributed by atoms with Gasteiger partial charge in [0.05, 0.1) is 28.1 Å². The SMILES string of the molecule is N#Cc1ccccc1-c1nc(-c2ccccc2C(c2ccccc2)(c2ccccc2)c2ccccc2)nc(-n2c3ccccc3c3ccccc32)n1. The third-order valence-corrected chi connectivity index (χ3v) is 9.88. The number of nitrogens with zero attached hydrogens (tertiary/aromatic N) is 5. The van der Waals surface area contributed by atoms with E-state index < -0.39 is 5.41 Å². The highest BCUT2D eigenvalue weighted by Crippen LogP contribution is 2.48. The second kappa shape index (κ2) is 12.9. The molecular weight excluding hydrogens is 635 g/mol. The van der Waals surface area contributed by atoms with E-state index in [1.165, 1.54) is 0 Å². The number of fused-ring (bicyclic) bond motifs is 3. The van der Waals surface area contributed by atoms with Gasteiger partial charge in [-0.2, -0.15) is 15.2 Å². The first-order valence-corrected chi connectivity index (χ1v) is 17.3. The number of hydrogen-bond acceptors (Lipinski definition) is 4. The number of hydrogen-bond donors (Lipinski definition) is 0. The highest BCUT2D eigenvalue weighted by Gasteiger charge is 2.40. The van der Waals surface area contributed by atoms with E-state index in [0.29, 0.717) is 28.7 Å². The Morgan fingerprint density at radius 2 is 0.846 bits per heavy atom. The Morgan fingerprint density at radius 1 is 0.423 bits per heavy atom. The second-order valence-electron chi connectivity index (χ2n) is 12.7. The summed E-state index contributed by atoms with van der Waals surface area (Å²) >= 11 is 0. The molecule has 0 aliphatic heterocycles. The molecule has 0 fully saturated rings. The van der Waals surface area contributed by atoms with Crippen molar-refractivity contribution in [3.8, 4) is 34.8 Å². The minimum absolute atomic E-state index is 0.429. The molecule has 0 N–H and O–H groups in total. The van der Waals surface area contributed by atoms with Crippen molar-refractivity contribution in [1.29, 1.82) is 5.26 Å². The van der Waals surface area contributed by atoms with E-state index in [9.17, 15) is 5.26 Å². The lowest BCUT2D eigenvalue weighted by Crippen LogP contribution is -2.31. The summed E-state index contributed by atoms with van der Waals surface area (Å²) in [5, 5.41) is 12.4. The van der Waals surface area contributed by atoms with Crippen LogP contribution >= 0.6 is 0 Å². The second-order valence-corrected chi connectivity index (χ2v) is 12.7. The Morgan fingerprint density at radius 3 is 1.38 bits per heavy atom. The lowest BCUT2D eigenvalue weighted by atomic mass is 9.64. The molecule has 0 aliphatic rings. The maximum absolute atomic E-state index is 10.2. The van der Waals surface area contributed by atoms with Crippen LogP contribution < -0.4 is 0 Å². The van der Waals surface area contributed by atoms with Crippen LogP contribution in [0, 0.1) is 11.3 Å². The summed E-state index contributed by atoms with van der Waals surface area (Å²) in [4.78, 5) is 15.7. The molecule has 0 unspecified atom stereocenters. The van der Waals surface area contributed by atoms with Crippen LogP contribution in [0.3, 0.4) is 0 Å². The molecule has 0 amide bonds. The molecule has 5 nitrogen and oxygen atoms in total. The highest BCUT2D eigenvalue weighted by molar-refractivity contribution is 6.09. The summed E-state index contributed by atoms with van der Waals surface area (Å²) in [5.41, 5.74) is 7.62.